The Bertz CT molecular complexity index is 469. The Morgan fingerprint density at radius 1 is 1.12 bits per heavy atom. The van der Waals surface area contributed by atoms with Crippen molar-refractivity contribution in [3.63, 3.8) is 0 Å². The van der Waals surface area contributed by atoms with Gasteiger partial charge in [-0.2, -0.15) is 0 Å². The third-order valence-corrected chi connectivity index (χ3v) is 2.78. The van der Waals surface area contributed by atoms with Crippen LogP contribution in [0.1, 0.15) is 11.1 Å². The minimum absolute atomic E-state index is 0.171. The smallest absolute Gasteiger partial charge is 0.132 e. The molecule has 0 aliphatic carbocycles. The number of hydrogen-bond donors (Lipinski definition) is 2. The summed E-state index contributed by atoms with van der Waals surface area (Å²) in [6, 6.07) is 4.48. The van der Waals surface area contributed by atoms with E-state index in [9.17, 15) is 4.39 Å². The van der Waals surface area contributed by atoms with Crippen molar-refractivity contribution in [2.45, 2.75) is 6.42 Å². The van der Waals surface area contributed by atoms with Crippen LogP contribution in [0.15, 0.2) is 24.5 Å². The fraction of sp³-hybridized carbons (Fsp3) is 0.0909. The predicted molar refractivity (Wildman–Crippen MR) is 65.1 cm³/mol. The van der Waals surface area contributed by atoms with Crippen LogP contribution in [0.25, 0.3) is 0 Å². The van der Waals surface area contributed by atoms with Gasteiger partial charge in [0.15, 0.2) is 0 Å². The summed E-state index contributed by atoms with van der Waals surface area (Å²) in [7, 11) is 0. The molecule has 1 aromatic carbocycles. The molecule has 88 valence electrons. The first kappa shape index (κ1) is 11.6. The highest BCUT2D eigenvalue weighted by molar-refractivity contribution is 6.31. The van der Waals surface area contributed by atoms with Gasteiger partial charge in [0.25, 0.3) is 0 Å². The van der Waals surface area contributed by atoms with Crippen molar-refractivity contribution in [3.05, 3.63) is 46.5 Å². The van der Waals surface area contributed by atoms with Crippen molar-refractivity contribution < 1.29 is 4.39 Å². The van der Waals surface area contributed by atoms with E-state index < -0.39 is 5.82 Å². The fourth-order valence-electron chi connectivity index (χ4n) is 1.50. The summed E-state index contributed by atoms with van der Waals surface area (Å²) in [6.45, 7) is 0. The summed E-state index contributed by atoms with van der Waals surface area (Å²) in [5, 5.41) is 0.327. The van der Waals surface area contributed by atoms with Crippen molar-refractivity contribution >= 4 is 23.2 Å². The molecule has 0 fully saturated rings. The Hall–Kier alpha value is -1.88. The van der Waals surface area contributed by atoms with Crippen LogP contribution in [0.5, 0.6) is 0 Å². The van der Waals surface area contributed by atoms with E-state index in [-0.39, 0.29) is 18.1 Å². The minimum atomic E-state index is -0.403. The van der Waals surface area contributed by atoms with E-state index in [1.165, 1.54) is 18.5 Å². The van der Waals surface area contributed by atoms with Crippen LogP contribution in [-0.4, -0.2) is 9.97 Å². The lowest BCUT2D eigenvalue weighted by Gasteiger charge is -2.09. The zero-order valence-corrected chi connectivity index (χ0v) is 9.58. The molecule has 0 saturated heterocycles. The molecular formula is C11H10ClFN4. The third kappa shape index (κ3) is 2.29. The monoisotopic (exact) mass is 252 g/mol. The number of halogens is 2. The maximum atomic E-state index is 13.6. The maximum absolute atomic E-state index is 13.6. The molecule has 0 bridgehead atoms. The first-order chi connectivity index (χ1) is 8.09. The van der Waals surface area contributed by atoms with E-state index in [0.29, 0.717) is 16.1 Å². The fourth-order valence-corrected chi connectivity index (χ4v) is 1.73. The quantitative estimate of drug-likeness (QED) is 0.857. The molecule has 4 N–H and O–H groups in total. The van der Waals surface area contributed by atoms with Gasteiger partial charge in [-0.05, 0) is 12.1 Å². The molecule has 0 unspecified atom stereocenters. The molecule has 6 heteroatoms. The lowest BCUT2D eigenvalue weighted by molar-refractivity contribution is 0.614. The summed E-state index contributed by atoms with van der Waals surface area (Å²) >= 11 is 5.92. The van der Waals surface area contributed by atoms with Crippen LogP contribution >= 0.6 is 11.6 Å². The summed E-state index contributed by atoms with van der Waals surface area (Å²) in [4.78, 5) is 7.63. The van der Waals surface area contributed by atoms with Crippen LogP contribution < -0.4 is 11.5 Å². The molecule has 4 nitrogen and oxygen atoms in total. The molecule has 0 spiro atoms. The van der Waals surface area contributed by atoms with Gasteiger partial charge in [-0.1, -0.05) is 17.7 Å². The zero-order chi connectivity index (χ0) is 12.4. The normalized spacial score (nSPS) is 10.5. The number of benzene rings is 1. The summed E-state index contributed by atoms with van der Waals surface area (Å²) in [6.07, 6.45) is 1.43. The van der Waals surface area contributed by atoms with E-state index in [1.807, 2.05) is 0 Å². The topological polar surface area (TPSA) is 77.8 Å². The first-order valence-corrected chi connectivity index (χ1v) is 5.25. The van der Waals surface area contributed by atoms with Gasteiger partial charge in [-0.15, -0.1) is 0 Å². The van der Waals surface area contributed by atoms with E-state index >= 15 is 0 Å². The number of anilines is 2. The van der Waals surface area contributed by atoms with Gasteiger partial charge in [0, 0.05) is 22.6 Å². The Labute approximate surface area is 102 Å². The zero-order valence-electron chi connectivity index (χ0n) is 8.82. The van der Waals surface area contributed by atoms with Gasteiger partial charge in [0.05, 0.1) is 0 Å². The van der Waals surface area contributed by atoms with E-state index in [1.54, 1.807) is 6.07 Å². The Morgan fingerprint density at radius 2 is 1.76 bits per heavy atom. The molecule has 1 heterocycles. The number of hydrogen-bond acceptors (Lipinski definition) is 4. The average molecular weight is 253 g/mol. The maximum Gasteiger partial charge on any atom is 0.132 e. The minimum Gasteiger partial charge on any atom is -0.383 e. The Morgan fingerprint density at radius 3 is 2.35 bits per heavy atom. The van der Waals surface area contributed by atoms with E-state index in [0.717, 1.165) is 0 Å². The van der Waals surface area contributed by atoms with E-state index in [4.69, 9.17) is 23.1 Å². The van der Waals surface area contributed by atoms with Gasteiger partial charge >= 0.3 is 0 Å². The average Bonchev–Trinajstić information content (AvgIpc) is 2.27. The van der Waals surface area contributed by atoms with Crippen molar-refractivity contribution in [2.24, 2.45) is 0 Å². The lowest BCUT2D eigenvalue weighted by Crippen LogP contribution is -2.06. The molecule has 0 aliphatic rings. The summed E-state index contributed by atoms with van der Waals surface area (Å²) in [5.41, 5.74) is 12.2. The van der Waals surface area contributed by atoms with Gasteiger partial charge in [0.2, 0.25) is 0 Å². The number of nitrogens with zero attached hydrogens (tertiary/aromatic N) is 2. The highest BCUT2D eigenvalue weighted by Gasteiger charge is 2.13. The largest absolute Gasteiger partial charge is 0.383 e. The molecule has 0 saturated carbocycles. The summed E-state index contributed by atoms with van der Waals surface area (Å²) < 4.78 is 13.6. The van der Waals surface area contributed by atoms with Crippen molar-refractivity contribution in [1.82, 2.24) is 9.97 Å². The van der Waals surface area contributed by atoms with Gasteiger partial charge in [-0.3, -0.25) is 0 Å². The Balaban J connectivity index is 2.45. The second-order valence-electron chi connectivity index (χ2n) is 3.50. The van der Waals surface area contributed by atoms with Crippen molar-refractivity contribution in [2.75, 3.05) is 11.5 Å². The number of rotatable bonds is 2. The molecular weight excluding hydrogens is 243 g/mol. The van der Waals surface area contributed by atoms with Crippen LogP contribution in [-0.2, 0) is 6.42 Å². The molecule has 0 radical (unpaired) electrons. The molecule has 1 aromatic heterocycles. The van der Waals surface area contributed by atoms with Crippen LogP contribution in [0.3, 0.4) is 0 Å². The van der Waals surface area contributed by atoms with Crippen LogP contribution in [0.2, 0.25) is 5.02 Å². The molecule has 2 aromatic rings. The SMILES string of the molecule is Nc1ncnc(N)c1Cc1c(F)cccc1Cl. The molecule has 0 atom stereocenters. The van der Waals surface area contributed by atoms with Gasteiger partial charge < -0.3 is 11.5 Å². The van der Waals surface area contributed by atoms with Crippen LogP contribution in [0, 0.1) is 5.82 Å². The second kappa shape index (κ2) is 4.55. The number of aromatic nitrogens is 2. The van der Waals surface area contributed by atoms with Gasteiger partial charge in [-0.25, -0.2) is 14.4 Å². The highest BCUT2D eigenvalue weighted by Crippen LogP contribution is 2.25. The van der Waals surface area contributed by atoms with E-state index in [2.05, 4.69) is 9.97 Å². The highest BCUT2D eigenvalue weighted by atomic mass is 35.5. The number of nitrogens with two attached hydrogens (primary N) is 2. The molecule has 2 rings (SSSR count). The predicted octanol–water partition coefficient (Wildman–Crippen LogP) is 2.02. The molecule has 0 amide bonds. The standard InChI is InChI=1S/C11H10ClFN4/c12-8-2-1-3-9(13)6(8)4-7-10(14)16-5-17-11(7)15/h1-3,5H,4H2,(H4,14,15,16,17). The summed E-state index contributed by atoms with van der Waals surface area (Å²) in [5.74, 6) is 0.0637. The Kier molecular flexibility index (Phi) is 3.10. The molecule has 0 aliphatic heterocycles. The van der Waals surface area contributed by atoms with Crippen molar-refractivity contribution in [3.8, 4) is 0 Å². The van der Waals surface area contributed by atoms with Gasteiger partial charge in [0.1, 0.15) is 23.8 Å². The third-order valence-electron chi connectivity index (χ3n) is 2.43. The van der Waals surface area contributed by atoms with Crippen molar-refractivity contribution in [1.29, 1.82) is 0 Å². The number of nitrogen functional groups attached to an aromatic ring is 2. The second-order valence-corrected chi connectivity index (χ2v) is 3.91. The molecule has 17 heavy (non-hydrogen) atoms. The first-order valence-electron chi connectivity index (χ1n) is 4.87. The lowest BCUT2D eigenvalue weighted by atomic mass is 10.1. The van der Waals surface area contributed by atoms with Crippen LogP contribution in [0.4, 0.5) is 16.0 Å².